The van der Waals surface area contributed by atoms with Crippen molar-refractivity contribution in [3.63, 3.8) is 0 Å². The van der Waals surface area contributed by atoms with Gasteiger partial charge in [0.25, 0.3) is 0 Å². The monoisotopic (exact) mass is 261 g/mol. The number of benzene rings is 2. The number of hydrogen-bond donors (Lipinski definition) is 0. The molecule has 0 fully saturated rings. The fourth-order valence-electron chi connectivity index (χ4n) is 1.53. The highest BCUT2D eigenvalue weighted by Gasteiger charge is 2.17. The highest BCUT2D eigenvalue weighted by atomic mass is 19.1. The minimum Gasteiger partial charge on any atom is -0.449 e. The first-order valence-electron chi connectivity index (χ1n) is 5.28. The van der Waals surface area contributed by atoms with Crippen molar-refractivity contribution >= 4 is 12.0 Å². The second-order valence-electron chi connectivity index (χ2n) is 3.60. The number of nitrogens with zero attached hydrogens (tertiary/aromatic N) is 1. The van der Waals surface area contributed by atoms with E-state index in [1.807, 2.05) is 0 Å². The maximum atomic E-state index is 13.4. The van der Waals surface area contributed by atoms with Crippen molar-refractivity contribution < 1.29 is 18.8 Å². The second kappa shape index (κ2) is 5.26. The first-order chi connectivity index (χ1) is 9.13. The van der Waals surface area contributed by atoms with Crippen LogP contribution in [-0.4, -0.2) is 11.2 Å². The predicted molar refractivity (Wildman–Crippen MR) is 65.0 cm³/mol. The van der Waals surface area contributed by atoms with Crippen LogP contribution in [0.1, 0.15) is 10.4 Å². The second-order valence-corrected chi connectivity index (χ2v) is 3.60. The predicted octanol–water partition coefficient (Wildman–Crippen LogP) is 3.34. The van der Waals surface area contributed by atoms with Crippen LogP contribution in [0.15, 0.2) is 42.5 Å². The fourth-order valence-corrected chi connectivity index (χ4v) is 1.53. The van der Waals surface area contributed by atoms with Crippen LogP contribution in [0.2, 0.25) is 0 Å². The first-order valence-corrected chi connectivity index (χ1v) is 5.28. The molecule has 0 bridgehead atoms. The number of nitro benzene ring substituents is 1. The Morgan fingerprint density at radius 2 is 1.79 bits per heavy atom. The molecule has 2 aromatic carbocycles. The lowest BCUT2D eigenvalue weighted by atomic mass is 10.2. The highest BCUT2D eigenvalue weighted by molar-refractivity contribution is 5.80. The van der Waals surface area contributed by atoms with Crippen LogP contribution in [0.3, 0.4) is 0 Å². The van der Waals surface area contributed by atoms with Gasteiger partial charge in [-0.1, -0.05) is 18.2 Å². The molecular formula is C13H8FNO4. The molecule has 0 atom stereocenters. The Kier molecular flexibility index (Phi) is 3.51. The van der Waals surface area contributed by atoms with Gasteiger partial charge < -0.3 is 4.74 Å². The van der Waals surface area contributed by atoms with Gasteiger partial charge in [0.05, 0.1) is 10.5 Å². The van der Waals surface area contributed by atoms with Crippen LogP contribution >= 0.6 is 0 Å². The van der Waals surface area contributed by atoms with Gasteiger partial charge in [-0.2, -0.15) is 0 Å². The molecule has 0 saturated carbocycles. The molecule has 0 aromatic heterocycles. The Bertz CT molecular complexity index is 642. The largest absolute Gasteiger partial charge is 0.449 e. The number of hydrogen-bond acceptors (Lipinski definition) is 4. The normalized spacial score (nSPS) is 9.95. The topological polar surface area (TPSA) is 69.4 Å². The molecule has 0 heterocycles. The number of para-hydroxylation sites is 2. The number of nitro groups is 1. The Morgan fingerprint density at radius 1 is 1.11 bits per heavy atom. The zero-order chi connectivity index (χ0) is 13.8. The number of carbonyl (C=O) groups excluding carboxylic acids is 1. The molecule has 0 aliphatic rings. The van der Waals surface area contributed by atoms with Crippen molar-refractivity contribution in [2.24, 2.45) is 0 Å². The van der Waals surface area contributed by atoms with Crippen LogP contribution in [0.4, 0.5) is 10.1 Å². The van der Waals surface area contributed by atoms with Gasteiger partial charge in [-0.15, -0.1) is 0 Å². The Morgan fingerprint density at radius 3 is 2.47 bits per heavy atom. The van der Waals surface area contributed by atoms with Gasteiger partial charge in [0.2, 0.25) is 5.75 Å². The molecular weight excluding hydrogens is 253 g/mol. The summed E-state index contributed by atoms with van der Waals surface area (Å²) >= 11 is 0. The summed E-state index contributed by atoms with van der Waals surface area (Å²) < 4.78 is 18.6. The van der Waals surface area contributed by atoms with Gasteiger partial charge in [0, 0.05) is 6.07 Å². The number of aldehydes is 1. The number of halogens is 1. The standard InChI is InChI=1S/C13H8FNO4/c14-10-4-3-7-12(9(10)8-16)19-13-6-2-1-5-11(13)15(17)18/h1-8H. The summed E-state index contributed by atoms with van der Waals surface area (Å²) in [6.07, 6.45) is 0.305. The molecule has 0 saturated heterocycles. The van der Waals surface area contributed by atoms with E-state index in [1.54, 1.807) is 6.07 Å². The van der Waals surface area contributed by atoms with Crippen molar-refractivity contribution in [2.45, 2.75) is 0 Å². The first kappa shape index (κ1) is 12.7. The van der Waals surface area contributed by atoms with E-state index in [0.717, 1.165) is 6.07 Å². The van der Waals surface area contributed by atoms with Crippen LogP contribution in [-0.2, 0) is 0 Å². The van der Waals surface area contributed by atoms with E-state index in [-0.39, 0.29) is 22.7 Å². The molecule has 2 aromatic rings. The van der Waals surface area contributed by atoms with Gasteiger partial charge in [-0.3, -0.25) is 14.9 Å². The molecule has 0 aliphatic heterocycles. The third kappa shape index (κ3) is 2.57. The molecule has 0 amide bonds. The van der Waals surface area contributed by atoms with Gasteiger partial charge in [-0.05, 0) is 18.2 Å². The van der Waals surface area contributed by atoms with Crippen molar-refractivity contribution in [3.05, 3.63) is 64.0 Å². The van der Waals surface area contributed by atoms with Gasteiger partial charge in [0.1, 0.15) is 11.6 Å². The summed E-state index contributed by atoms with van der Waals surface area (Å²) in [4.78, 5) is 21.0. The third-order valence-electron chi connectivity index (χ3n) is 2.41. The zero-order valence-electron chi connectivity index (χ0n) is 9.58. The smallest absolute Gasteiger partial charge is 0.311 e. The van der Waals surface area contributed by atoms with Crippen molar-refractivity contribution in [2.75, 3.05) is 0 Å². The van der Waals surface area contributed by atoms with Crippen LogP contribution < -0.4 is 4.74 Å². The SMILES string of the molecule is O=Cc1c(F)cccc1Oc1ccccc1[N+](=O)[O-]. The maximum absolute atomic E-state index is 13.4. The molecule has 6 heteroatoms. The van der Waals surface area contributed by atoms with E-state index >= 15 is 0 Å². The average Bonchev–Trinajstić information content (AvgIpc) is 2.39. The summed E-state index contributed by atoms with van der Waals surface area (Å²) in [5.41, 5.74) is -0.538. The number of rotatable bonds is 4. The van der Waals surface area contributed by atoms with Crippen LogP contribution in [0.5, 0.6) is 11.5 Å². The minimum atomic E-state index is -0.744. The fraction of sp³-hybridized carbons (Fsp3) is 0. The lowest BCUT2D eigenvalue weighted by molar-refractivity contribution is -0.385. The summed E-state index contributed by atoms with van der Waals surface area (Å²) in [5.74, 6) is -0.864. The van der Waals surface area contributed by atoms with E-state index in [1.165, 1.54) is 30.3 Å². The molecule has 96 valence electrons. The molecule has 0 unspecified atom stereocenters. The van der Waals surface area contributed by atoms with Crippen LogP contribution in [0, 0.1) is 15.9 Å². The number of carbonyl (C=O) groups is 1. The third-order valence-corrected chi connectivity index (χ3v) is 2.41. The average molecular weight is 261 g/mol. The lowest BCUT2D eigenvalue weighted by Crippen LogP contribution is -1.97. The molecule has 0 radical (unpaired) electrons. The van der Waals surface area contributed by atoms with E-state index in [2.05, 4.69) is 0 Å². The van der Waals surface area contributed by atoms with Crippen molar-refractivity contribution in [3.8, 4) is 11.5 Å². The minimum absolute atomic E-state index is 0.0544. The van der Waals surface area contributed by atoms with E-state index < -0.39 is 10.7 Å². The molecule has 0 spiro atoms. The zero-order valence-corrected chi connectivity index (χ0v) is 9.58. The maximum Gasteiger partial charge on any atom is 0.311 e. The van der Waals surface area contributed by atoms with E-state index in [4.69, 9.17) is 4.74 Å². The van der Waals surface area contributed by atoms with Gasteiger partial charge in [-0.25, -0.2) is 4.39 Å². The summed E-state index contributed by atoms with van der Waals surface area (Å²) in [5, 5.41) is 10.8. The summed E-state index contributed by atoms with van der Waals surface area (Å²) in [7, 11) is 0. The molecule has 0 aliphatic carbocycles. The molecule has 2 rings (SSSR count). The lowest BCUT2D eigenvalue weighted by Gasteiger charge is -2.08. The van der Waals surface area contributed by atoms with Gasteiger partial charge in [0.15, 0.2) is 6.29 Å². The highest BCUT2D eigenvalue weighted by Crippen LogP contribution is 2.32. The van der Waals surface area contributed by atoms with Gasteiger partial charge >= 0.3 is 5.69 Å². The van der Waals surface area contributed by atoms with Crippen molar-refractivity contribution in [1.82, 2.24) is 0 Å². The van der Waals surface area contributed by atoms with Crippen LogP contribution in [0.25, 0.3) is 0 Å². The quantitative estimate of drug-likeness (QED) is 0.480. The summed E-state index contributed by atoms with van der Waals surface area (Å²) in [6.45, 7) is 0. The van der Waals surface area contributed by atoms with E-state index in [9.17, 15) is 19.3 Å². The Labute approximate surface area is 107 Å². The molecule has 5 nitrogen and oxygen atoms in total. The van der Waals surface area contributed by atoms with Crippen molar-refractivity contribution in [1.29, 1.82) is 0 Å². The van der Waals surface area contributed by atoms with E-state index in [0.29, 0.717) is 6.29 Å². The Balaban J connectivity index is 2.45. The number of ether oxygens (including phenoxy) is 1. The molecule has 19 heavy (non-hydrogen) atoms. The summed E-state index contributed by atoms with van der Waals surface area (Å²) in [6, 6.07) is 9.48. The molecule has 0 N–H and O–H groups in total. The Hall–Kier alpha value is -2.76.